The summed E-state index contributed by atoms with van der Waals surface area (Å²) in [6.45, 7) is 4.00. The number of rotatable bonds is 7. The molecule has 0 heterocycles. The Morgan fingerprint density at radius 3 is 2.23 bits per heavy atom. The minimum Gasteiger partial charge on any atom is -0.325 e. The van der Waals surface area contributed by atoms with Crippen LogP contribution in [-0.2, 0) is 14.8 Å². The number of benzene rings is 1. The molecule has 1 aromatic carbocycles. The van der Waals surface area contributed by atoms with Crippen LogP contribution in [0.2, 0.25) is 0 Å². The maximum Gasteiger partial charge on any atom is 0.243 e. The van der Waals surface area contributed by atoms with Crippen LogP contribution in [0.15, 0.2) is 29.2 Å². The predicted octanol–water partition coefficient (Wildman–Crippen LogP) is 2.92. The van der Waals surface area contributed by atoms with Crippen LogP contribution in [-0.4, -0.2) is 56.3 Å². The van der Waals surface area contributed by atoms with Crippen LogP contribution < -0.4 is 5.32 Å². The van der Waals surface area contributed by atoms with Gasteiger partial charge in [0, 0.05) is 24.8 Å². The molecule has 7 heteroatoms. The number of nitrogens with one attached hydrogen (secondary N) is 1. The van der Waals surface area contributed by atoms with Gasteiger partial charge in [0.25, 0.3) is 0 Å². The van der Waals surface area contributed by atoms with Gasteiger partial charge < -0.3 is 5.32 Å². The van der Waals surface area contributed by atoms with Gasteiger partial charge in [-0.15, -0.1) is 0 Å². The molecular formula is C19H31N3O3S. The van der Waals surface area contributed by atoms with E-state index in [4.69, 9.17) is 0 Å². The number of nitrogens with zero attached hydrogens (tertiary/aromatic N) is 2. The van der Waals surface area contributed by atoms with Gasteiger partial charge >= 0.3 is 0 Å². The first-order valence-corrected chi connectivity index (χ1v) is 10.7. The number of amides is 1. The van der Waals surface area contributed by atoms with E-state index in [2.05, 4.69) is 10.2 Å². The summed E-state index contributed by atoms with van der Waals surface area (Å²) in [6, 6.07) is 6.71. The van der Waals surface area contributed by atoms with Crippen molar-refractivity contribution in [2.75, 3.05) is 26.0 Å². The van der Waals surface area contributed by atoms with Crippen molar-refractivity contribution in [1.29, 1.82) is 0 Å². The van der Waals surface area contributed by atoms with Gasteiger partial charge in [0.2, 0.25) is 15.9 Å². The van der Waals surface area contributed by atoms with Crippen molar-refractivity contribution in [3.63, 3.8) is 0 Å². The molecule has 1 amide bonds. The van der Waals surface area contributed by atoms with E-state index in [1.807, 2.05) is 20.9 Å². The molecule has 1 fully saturated rings. The molecule has 1 saturated carbocycles. The maximum atomic E-state index is 12.5. The highest BCUT2D eigenvalue weighted by molar-refractivity contribution is 7.89. The van der Waals surface area contributed by atoms with Gasteiger partial charge in [-0.2, -0.15) is 4.31 Å². The molecule has 1 aliphatic carbocycles. The average Bonchev–Trinajstić information content (AvgIpc) is 2.62. The number of likely N-dealkylation sites (N-methyl/N-ethyl adjacent to an activating group) is 1. The lowest BCUT2D eigenvalue weighted by molar-refractivity contribution is -0.117. The van der Waals surface area contributed by atoms with E-state index < -0.39 is 10.0 Å². The second kappa shape index (κ2) is 8.97. The smallest absolute Gasteiger partial charge is 0.243 e. The molecule has 1 N–H and O–H groups in total. The second-order valence-electron chi connectivity index (χ2n) is 7.39. The Labute approximate surface area is 157 Å². The van der Waals surface area contributed by atoms with E-state index in [1.165, 1.54) is 35.7 Å². The molecule has 0 atom stereocenters. The zero-order valence-corrected chi connectivity index (χ0v) is 17.1. The molecule has 146 valence electrons. The van der Waals surface area contributed by atoms with Gasteiger partial charge in [-0.3, -0.25) is 9.69 Å². The topological polar surface area (TPSA) is 69.7 Å². The van der Waals surface area contributed by atoms with Gasteiger partial charge in [0.1, 0.15) is 0 Å². The van der Waals surface area contributed by atoms with E-state index in [-0.39, 0.29) is 16.8 Å². The molecule has 0 aliphatic heterocycles. The van der Waals surface area contributed by atoms with Crippen LogP contribution in [0.25, 0.3) is 0 Å². The van der Waals surface area contributed by atoms with Gasteiger partial charge in [0.05, 0.1) is 11.4 Å². The Bertz CT molecular complexity index is 695. The summed E-state index contributed by atoms with van der Waals surface area (Å²) >= 11 is 0. The zero-order chi connectivity index (χ0) is 19.3. The number of carbonyl (C=O) groups excluding carboxylic acids is 1. The molecule has 1 aliphatic rings. The number of carbonyl (C=O) groups is 1. The second-order valence-corrected chi connectivity index (χ2v) is 9.39. The molecule has 0 unspecified atom stereocenters. The minimum atomic E-state index is -3.50. The molecule has 0 saturated heterocycles. The molecule has 0 radical (unpaired) electrons. The molecule has 2 rings (SSSR count). The first-order chi connectivity index (χ1) is 12.2. The summed E-state index contributed by atoms with van der Waals surface area (Å²) in [5, 5.41) is 2.85. The molecule has 0 bridgehead atoms. The zero-order valence-electron chi connectivity index (χ0n) is 16.2. The van der Waals surface area contributed by atoms with Crippen LogP contribution in [0, 0.1) is 0 Å². The Balaban J connectivity index is 1.95. The third-order valence-electron chi connectivity index (χ3n) is 5.13. The highest BCUT2D eigenvalue weighted by Crippen LogP contribution is 2.22. The Morgan fingerprint density at radius 2 is 1.69 bits per heavy atom. The van der Waals surface area contributed by atoms with Crippen molar-refractivity contribution in [2.45, 2.75) is 62.9 Å². The lowest BCUT2D eigenvalue weighted by Gasteiger charge is -2.30. The number of sulfonamides is 1. The summed E-state index contributed by atoms with van der Waals surface area (Å²) in [7, 11) is 0.0547. The number of hydrogen-bond acceptors (Lipinski definition) is 4. The third-order valence-corrected chi connectivity index (χ3v) is 7.18. The Morgan fingerprint density at radius 1 is 1.12 bits per heavy atom. The van der Waals surface area contributed by atoms with E-state index in [0.29, 0.717) is 18.3 Å². The fourth-order valence-corrected chi connectivity index (χ4v) is 4.60. The van der Waals surface area contributed by atoms with Crippen molar-refractivity contribution in [3.05, 3.63) is 24.3 Å². The van der Waals surface area contributed by atoms with Crippen LogP contribution >= 0.6 is 0 Å². The quantitative estimate of drug-likeness (QED) is 0.788. The van der Waals surface area contributed by atoms with Gasteiger partial charge in [-0.05, 0) is 58.0 Å². The predicted molar refractivity (Wildman–Crippen MR) is 105 cm³/mol. The first-order valence-electron chi connectivity index (χ1n) is 9.30. The fraction of sp³-hybridized carbons (Fsp3) is 0.632. The lowest BCUT2D eigenvalue weighted by Crippen LogP contribution is -2.39. The normalized spacial score (nSPS) is 16.4. The first kappa shape index (κ1) is 20.9. The molecular weight excluding hydrogens is 350 g/mol. The van der Waals surface area contributed by atoms with Crippen LogP contribution in [0.4, 0.5) is 5.69 Å². The SMILES string of the molecule is CC(C)N(C)S(=O)(=O)c1ccc(NC(=O)CN(C)C2CCCCC2)cc1. The van der Waals surface area contributed by atoms with Crippen molar-refractivity contribution >= 4 is 21.6 Å². The van der Waals surface area contributed by atoms with Gasteiger partial charge in [-0.1, -0.05) is 19.3 Å². The summed E-state index contributed by atoms with van der Waals surface area (Å²) < 4.78 is 26.3. The monoisotopic (exact) mass is 381 g/mol. The minimum absolute atomic E-state index is 0.0759. The highest BCUT2D eigenvalue weighted by atomic mass is 32.2. The maximum absolute atomic E-state index is 12.5. The van der Waals surface area contributed by atoms with Crippen molar-refractivity contribution in [3.8, 4) is 0 Å². The van der Waals surface area contributed by atoms with E-state index in [0.717, 1.165) is 12.8 Å². The molecule has 6 nitrogen and oxygen atoms in total. The van der Waals surface area contributed by atoms with E-state index >= 15 is 0 Å². The highest BCUT2D eigenvalue weighted by Gasteiger charge is 2.23. The largest absolute Gasteiger partial charge is 0.325 e. The van der Waals surface area contributed by atoms with Crippen molar-refractivity contribution in [2.24, 2.45) is 0 Å². The third kappa shape index (κ3) is 5.28. The molecule has 0 aromatic heterocycles. The standard InChI is InChI=1S/C19H31N3O3S/c1-15(2)22(4)26(24,25)18-12-10-16(11-13-18)20-19(23)14-21(3)17-8-6-5-7-9-17/h10-13,15,17H,5-9,14H2,1-4H3,(H,20,23). The Kier molecular flexibility index (Phi) is 7.20. The van der Waals surface area contributed by atoms with E-state index in [9.17, 15) is 13.2 Å². The molecule has 0 spiro atoms. The van der Waals surface area contributed by atoms with Crippen LogP contribution in [0.1, 0.15) is 46.0 Å². The van der Waals surface area contributed by atoms with Crippen LogP contribution in [0.3, 0.4) is 0 Å². The lowest BCUT2D eigenvalue weighted by atomic mass is 9.94. The summed E-state index contributed by atoms with van der Waals surface area (Å²) in [5.74, 6) is -0.0759. The van der Waals surface area contributed by atoms with Crippen molar-refractivity contribution < 1.29 is 13.2 Å². The number of hydrogen-bond donors (Lipinski definition) is 1. The van der Waals surface area contributed by atoms with Gasteiger partial charge in [-0.25, -0.2) is 8.42 Å². The molecule has 26 heavy (non-hydrogen) atoms. The summed E-state index contributed by atoms with van der Waals surface area (Å²) in [4.78, 5) is 14.6. The summed E-state index contributed by atoms with van der Waals surface area (Å²) in [5.41, 5.74) is 0.609. The Hall–Kier alpha value is -1.44. The number of anilines is 1. The summed E-state index contributed by atoms with van der Waals surface area (Å²) in [6.07, 6.45) is 6.06. The fourth-order valence-electron chi connectivity index (χ4n) is 3.23. The van der Waals surface area contributed by atoms with Crippen LogP contribution in [0.5, 0.6) is 0 Å². The molecule has 1 aromatic rings. The average molecular weight is 382 g/mol. The van der Waals surface area contributed by atoms with Crippen molar-refractivity contribution in [1.82, 2.24) is 9.21 Å². The van der Waals surface area contributed by atoms with E-state index in [1.54, 1.807) is 19.2 Å². The van der Waals surface area contributed by atoms with Gasteiger partial charge in [0.15, 0.2) is 0 Å².